The van der Waals surface area contributed by atoms with Crippen LogP contribution in [0.1, 0.15) is 31.7 Å². The van der Waals surface area contributed by atoms with Gasteiger partial charge < -0.3 is 15.0 Å². The Morgan fingerprint density at radius 3 is 3.06 bits per heavy atom. The van der Waals surface area contributed by atoms with Gasteiger partial charge in [0.1, 0.15) is 0 Å². The number of pyridine rings is 1. The molecule has 1 saturated carbocycles. The average molecular weight is 222 g/mol. The van der Waals surface area contributed by atoms with E-state index in [9.17, 15) is 4.79 Å². The van der Waals surface area contributed by atoms with Gasteiger partial charge in [0.05, 0.1) is 11.8 Å². The van der Waals surface area contributed by atoms with Gasteiger partial charge in [-0.25, -0.2) is 0 Å². The molecule has 4 nitrogen and oxygen atoms in total. The van der Waals surface area contributed by atoms with E-state index in [0.717, 1.165) is 25.7 Å². The molecule has 1 fully saturated rings. The van der Waals surface area contributed by atoms with E-state index in [0.29, 0.717) is 5.69 Å². The Morgan fingerprint density at radius 1 is 1.50 bits per heavy atom. The predicted octanol–water partition coefficient (Wildman–Crippen LogP) is 1.56. The third-order valence-electron chi connectivity index (χ3n) is 3.33. The quantitative estimate of drug-likeness (QED) is 0.826. The maximum absolute atomic E-state index is 11.9. The number of rotatable bonds is 2. The standard InChI is InChI=1S/C12H18N2O2/c1-16-10-5-2-4-9(8-10)14-7-3-6-11(13)12(14)15/h3,6-7,9-10H,2,4-5,8,13H2,1H3/t9-,10?/m1/s1. The van der Waals surface area contributed by atoms with Crippen molar-refractivity contribution < 1.29 is 4.74 Å². The number of ether oxygens (including phenoxy) is 1. The van der Waals surface area contributed by atoms with Crippen LogP contribution in [-0.2, 0) is 4.74 Å². The highest BCUT2D eigenvalue weighted by molar-refractivity contribution is 5.33. The van der Waals surface area contributed by atoms with Gasteiger partial charge in [-0.3, -0.25) is 4.79 Å². The monoisotopic (exact) mass is 222 g/mol. The van der Waals surface area contributed by atoms with E-state index in [2.05, 4.69) is 0 Å². The second-order valence-corrected chi connectivity index (χ2v) is 4.35. The van der Waals surface area contributed by atoms with Crippen LogP contribution in [0.3, 0.4) is 0 Å². The summed E-state index contributed by atoms with van der Waals surface area (Å²) >= 11 is 0. The Kier molecular flexibility index (Phi) is 3.29. The molecule has 88 valence electrons. The molecular weight excluding hydrogens is 204 g/mol. The van der Waals surface area contributed by atoms with Crippen molar-refractivity contribution in [3.05, 3.63) is 28.7 Å². The second kappa shape index (κ2) is 4.70. The first-order valence-electron chi connectivity index (χ1n) is 5.72. The molecule has 1 aliphatic carbocycles. The number of hydrogen-bond acceptors (Lipinski definition) is 3. The van der Waals surface area contributed by atoms with E-state index in [1.165, 1.54) is 0 Å². The van der Waals surface area contributed by atoms with Crippen LogP contribution in [0.2, 0.25) is 0 Å². The van der Waals surface area contributed by atoms with Crippen LogP contribution in [0.25, 0.3) is 0 Å². The Balaban J connectivity index is 2.23. The van der Waals surface area contributed by atoms with Gasteiger partial charge in [-0.05, 0) is 37.8 Å². The van der Waals surface area contributed by atoms with Gasteiger partial charge in [-0.15, -0.1) is 0 Å². The number of methoxy groups -OCH3 is 1. The summed E-state index contributed by atoms with van der Waals surface area (Å²) < 4.78 is 7.12. The smallest absolute Gasteiger partial charge is 0.273 e. The maximum Gasteiger partial charge on any atom is 0.273 e. The molecule has 1 heterocycles. The lowest BCUT2D eigenvalue weighted by Crippen LogP contribution is -2.31. The fourth-order valence-electron chi connectivity index (χ4n) is 2.40. The highest BCUT2D eigenvalue weighted by atomic mass is 16.5. The number of anilines is 1. The molecule has 1 aromatic rings. The average Bonchev–Trinajstić information content (AvgIpc) is 2.33. The van der Waals surface area contributed by atoms with Crippen LogP contribution >= 0.6 is 0 Å². The third kappa shape index (κ3) is 2.11. The van der Waals surface area contributed by atoms with Crippen molar-refractivity contribution in [2.75, 3.05) is 12.8 Å². The van der Waals surface area contributed by atoms with Crippen LogP contribution in [0.4, 0.5) is 5.69 Å². The van der Waals surface area contributed by atoms with E-state index < -0.39 is 0 Å². The lowest BCUT2D eigenvalue weighted by Gasteiger charge is -2.29. The van der Waals surface area contributed by atoms with E-state index >= 15 is 0 Å². The molecule has 1 aliphatic rings. The van der Waals surface area contributed by atoms with Crippen LogP contribution in [-0.4, -0.2) is 17.8 Å². The Morgan fingerprint density at radius 2 is 2.31 bits per heavy atom. The van der Waals surface area contributed by atoms with Gasteiger partial charge >= 0.3 is 0 Å². The molecule has 0 aliphatic heterocycles. The normalized spacial score (nSPS) is 25.6. The van der Waals surface area contributed by atoms with Crippen molar-refractivity contribution in [1.29, 1.82) is 0 Å². The molecule has 4 heteroatoms. The SMILES string of the molecule is COC1CCC[C@@H](n2cccc(N)c2=O)C1. The van der Waals surface area contributed by atoms with Crippen molar-refractivity contribution >= 4 is 5.69 Å². The first kappa shape index (κ1) is 11.2. The molecule has 0 spiro atoms. The summed E-state index contributed by atoms with van der Waals surface area (Å²) in [4.78, 5) is 11.9. The summed E-state index contributed by atoms with van der Waals surface area (Å²) in [5.74, 6) is 0. The molecule has 16 heavy (non-hydrogen) atoms. The van der Waals surface area contributed by atoms with Gasteiger partial charge in [0, 0.05) is 19.3 Å². The molecule has 0 bridgehead atoms. The zero-order chi connectivity index (χ0) is 11.5. The summed E-state index contributed by atoms with van der Waals surface area (Å²) in [6, 6.07) is 3.71. The van der Waals surface area contributed by atoms with Crippen molar-refractivity contribution in [2.45, 2.75) is 37.8 Å². The zero-order valence-corrected chi connectivity index (χ0v) is 9.56. The fraction of sp³-hybridized carbons (Fsp3) is 0.583. The number of aromatic nitrogens is 1. The number of hydrogen-bond donors (Lipinski definition) is 1. The van der Waals surface area contributed by atoms with E-state index in [1.54, 1.807) is 17.7 Å². The molecule has 1 aromatic heterocycles. The highest BCUT2D eigenvalue weighted by Crippen LogP contribution is 2.28. The van der Waals surface area contributed by atoms with Crippen molar-refractivity contribution in [3.63, 3.8) is 0 Å². The lowest BCUT2D eigenvalue weighted by molar-refractivity contribution is 0.0525. The Hall–Kier alpha value is -1.29. The van der Waals surface area contributed by atoms with Crippen LogP contribution in [0.15, 0.2) is 23.1 Å². The number of nitrogen functional groups attached to an aromatic ring is 1. The van der Waals surface area contributed by atoms with Gasteiger partial charge in [0.2, 0.25) is 0 Å². The Labute approximate surface area is 95.0 Å². The third-order valence-corrected chi connectivity index (χ3v) is 3.33. The maximum atomic E-state index is 11.9. The van der Waals surface area contributed by atoms with Gasteiger partial charge in [0.25, 0.3) is 5.56 Å². The summed E-state index contributed by atoms with van der Waals surface area (Å²) in [7, 11) is 1.73. The van der Waals surface area contributed by atoms with E-state index in [4.69, 9.17) is 10.5 Å². The second-order valence-electron chi connectivity index (χ2n) is 4.35. The highest BCUT2D eigenvalue weighted by Gasteiger charge is 2.23. The number of nitrogens with zero attached hydrogens (tertiary/aromatic N) is 1. The van der Waals surface area contributed by atoms with Crippen LogP contribution in [0, 0.1) is 0 Å². The molecule has 2 rings (SSSR count). The van der Waals surface area contributed by atoms with Crippen LogP contribution in [0.5, 0.6) is 0 Å². The summed E-state index contributed by atoms with van der Waals surface area (Å²) in [5.41, 5.74) is 5.87. The minimum Gasteiger partial charge on any atom is -0.394 e. The molecular formula is C12H18N2O2. The minimum atomic E-state index is -0.0794. The topological polar surface area (TPSA) is 57.2 Å². The van der Waals surface area contributed by atoms with E-state index in [1.807, 2.05) is 12.3 Å². The molecule has 0 radical (unpaired) electrons. The summed E-state index contributed by atoms with van der Waals surface area (Å²) in [5, 5.41) is 0. The summed E-state index contributed by atoms with van der Waals surface area (Å²) in [6.45, 7) is 0. The molecule has 2 N–H and O–H groups in total. The minimum absolute atomic E-state index is 0.0794. The largest absolute Gasteiger partial charge is 0.394 e. The molecule has 0 amide bonds. The Bertz CT molecular complexity index is 414. The van der Waals surface area contributed by atoms with E-state index in [-0.39, 0.29) is 17.7 Å². The van der Waals surface area contributed by atoms with Crippen molar-refractivity contribution in [3.8, 4) is 0 Å². The van der Waals surface area contributed by atoms with Crippen LogP contribution < -0.4 is 11.3 Å². The van der Waals surface area contributed by atoms with Gasteiger partial charge in [-0.2, -0.15) is 0 Å². The first-order valence-corrected chi connectivity index (χ1v) is 5.72. The predicted molar refractivity (Wildman–Crippen MR) is 63.4 cm³/mol. The fourth-order valence-corrected chi connectivity index (χ4v) is 2.40. The van der Waals surface area contributed by atoms with Crippen molar-refractivity contribution in [1.82, 2.24) is 4.57 Å². The lowest BCUT2D eigenvalue weighted by atomic mass is 9.92. The first-order chi connectivity index (χ1) is 7.72. The molecule has 0 saturated heterocycles. The molecule has 2 atom stereocenters. The van der Waals surface area contributed by atoms with Gasteiger partial charge in [0.15, 0.2) is 0 Å². The zero-order valence-electron chi connectivity index (χ0n) is 9.56. The number of nitrogens with two attached hydrogens (primary N) is 1. The molecule has 0 aromatic carbocycles. The summed E-state index contributed by atoms with van der Waals surface area (Å²) in [6.07, 6.45) is 6.21. The van der Waals surface area contributed by atoms with Gasteiger partial charge in [-0.1, -0.05) is 0 Å². The van der Waals surface area contributed by atoms with Crippen molar-refractivity contribution in [2.24, 2.45) is 0 Å². The molecule has 1 unspecified atom stereocenters.